The van der Waals surface area contributed by atoms with Crippen LogP contribution in [0.5, 0.6) is 34.5 Å². The summed E-state index contributed by atoms with van der Waals surface area (Å²) < 4.78 is 103. The molecule has 0 amide bonds. The lowest BCUT2D eigenvalue weighted by molar-refractivity contribution is -0.137. The van der Waals surface area contributed by atoms with Gasteiger partial charge in [-0.3, -0.25) is 14.7 Å². The van der Waals surface area contributed by atoms with Crippen LogP contribution >= 0.6 is 0 Å². The van der Waals surface area contributed by atoms with Crippen molar-refractivity contribution >= 4 is 0 Å². The monoisotopic (exact) mass is 1910 g/mol. The summed E-state index contributed by atoms with van der Waals surface area (Å²) in [5, 5.41) is 20.6. The Morgan fingerprint density at radius 3 is 0.936 bits per heavy atom. The van der Waals surface area contributed by atoms with Crippen molar-refractivity contribution in [2.45, 2.75) is 133 Å². The Kier molecular flexibility index (Phi) is 35.3. The van der Waals surface area contributed by atoms with Crippen LogP contribution in [-0.2, 0) is 38.9 Å². The van der Waals surface area contributed by atoms with Crippen LogP contribution in [0.3, 0.4) is 0 Å². The van der Waals surface area contributed by atoms with E-state index < -0.39 is 11.7 Å². The van der Waals surface area contributed by atoms with Gasteiger partial charge >= 0.3 is 6.18 Å². The first-order valence-electron chi connectivity index (χ1n) is 48.3. The minimum Gasteiger partial charge on any atom is -0.494 e. The predicted octanol–water partition coefficient (Wildman–Crippen LogP) is 24.6. The van der Waals surface area contributed by atoms with Crippen molar-refractivity contribution in [3.8, 4) is 160 Å². The topological polar surface area (TPSA) is 266 Å². The molecular formula is C112H122F3N15O11. The lowest BCUT2D eigenvalue weighted by Gasteiger charge is -2.14. The molecule has 0 radical (unpaired) electrons. The molecule has 0 unspecified atom stereocenters. The molecule has 3 fully saturated rings. The molecule has 11 aromatic carbocycles. The number of alkyl halides is 3. The Labute approximate surface area is 821 Å². The Hall–Kier alpha value is -14.5. The lowest BCUT2D eigenvalue weighted by atomic mass is 9.97. The summed E-state index contributed by atoms with van der Waals surface area (Å²) in [5.74, 6) is 9.13. The number of likely N-dealkylation sites (tertiary alicyclic amines) is 3. The van der Waals surface area contributed by atoms with Crippen molar-refractivity contribution in [2.75, 3.05) is 107 Å². The number of ether oxygens (including phenoxy) is 6. The first-order valence-corrected chi connectivity index (χ1v) is 48.3. The number of aryl methyl sites for hydroxylation is 2. The molecule has 0 saturated carbocycles. The van der Waals surface area contributed by atoms with E-state index in [9.17, 15) is 13.2 Å². The van der Waals surface area contributed by atoms with Crippen molar-refractivity contribution < 1.29 is 64.2 Å². The van der Waals surface area contributed by atoms with E-state index in [1.54, 1.807) is 36.4 Å². The summed E-state index contributed by atoms with van der Waals surface area (Å²) in [6.07, 6.45) is 3.17. The van der Waals surface area contributed by atoms with E-state index in [4.69, 9.17) is 51.0 Å². The van der Waals surface area contributed by atoms with Gasteiger partial charge in [-0.15, -0.1) is 0 Å². The molecule has 19 rings (SSSR count). The maximum Gasteiger partial charge on any atom is 0.417 e. The molecule has 26 nitrogen and oxygen atoms in total. The summed E-state index contributed by atoms with van der Waals surface area (Å²) in [4.78, 5) is 34.3. The van der Waals surface area contributed by atoms with Gasteiger partial charge in [0.2, 0.25) is 29.1 Å². The Morgan fingerprint density at radius 2 is 0.567 bits per heavy atom. The maximum absolute atomic E-state index is 13.8. The molecule has 0 bridgehead atoms. The fourth-order valence-electron chi connectivity index (χ4n) is 16.8. The molecule has 8 heterocycles. The third kappa shape index (κ3) is 27.8. The number of halogens is 3. The van der Waals surface area contributed by atoms with Crippen molar-refractivity contribution in [3.63, 3.8) is 0 Å². The molecule has 5 aromatic heterocycles. The van der Waals surface area contributed by atoms with Gasteiger partial charge in [-0.1, -0.05) is 184 Å². The van der Waals surface area contributed by atoms with Gasteiger partial charge in [-0.2, -0.15) is 38.1 Å². The van der Waals surface area contributed by atoms with Crippen LogP contribution in [0.1, 0.15) is 125 Å². The molecule has 3 aliphatic rings. The number of hydrogen-bond donors (Lipinski definition) is 0. The van der Waals surface area contributed by atoms with Gasteiger partial charge in [0.15, 0.2) is 23.0 Å². The van der Waals surface area contributed by atoms with E-state index in [1.807, 2.05) is 197 Å². The van der Waals surface area contributed by atoms with Crippen LogP contribution in [0.2, 0.25) is 0 Å². The number of benzene rings is 11. The molecule has 141 heavy (non-hydrogen) atoms. The Morgan fingerprint density at radius 1 is 0.277 bits per heavy atom. The maximum atomic E-state index is 13.8. The van der Waals surface area contributed by atoms with Gasteiger partial charge in [0.05, 0.1) is 45.2 Å². The normalized spacial score (nSPS) is 13.2. The van der Waals surface area contributed by atoms with E-state index in [1.165, 1.54) is 98.6 Å². The highest BCUT2D eigenvalue weighted by molar-refractivity contribution is 5.74. The number of aromatic nitrogens is 10. The summed E-state index contributed by atoms with van der Waals surface area (Å²) in [6, 6.07) is 76.9. The highest BCUT2D eigenvalue weighted by Crippen LogP contribution is 2.42. The van der Waals surface area contributed by atoms with Gasteiger partial charge in [0, 0.05) is 88.4 Å². The van der Waals surface area contributed by atoms with E-state index in [0.29, 0.717) is 121 Å². The van der Waals surface area contributed by atoms with Crippen molar-refractivity contribution in [3.05, 3.63) is 287 Å². The summed E-state index contributed by atoms with van der Waals surface area (Å²) in [7, 11) is 8.19. The predicted molar refractivity (Wildman–Crippen MR) is 541 cm³/mol. The fraction of sp³-hybridized carbons (Fsp3) is 0.321. The van der Waals surface area contributed by atoms with Crippen molar-refractivity contribution in [1.82, 2.24) is 75.2 Å². The van der Waals surface area contributed by atoms with Gasteiger partial charge in [-0.25, -0.2) is 0 Å². The molecular weight excluding hydrogens is 1790 g/mol. The van der Waals surface area contributed by atoms with Gasteiger partial charge in [0.25, 0.3) is 29.5 Å². The van der Waals surface area contributed by atoms with Crippen LogP contribution in [-0.4, -0.2) is 182 Å². The highest BCUT2D eigenvalue weighted by Gasteiger charge is 2.35. The quantitative estimate of drug-likeness (QED) is 0.0370. The van der Waals surface area contributed by atoms with E-state index in [2.05, 4.69) is 156 Å². The van der Waals surface area contributed by atoms with E-state index >= 15 is 0 Å². The molecule has 0 atom stereocenters. The first kappa shape index (κ1) is 101. The summed E-state index contributed by atoms with van der Waals surface area (Å²) >= 11 is 0. The molecule has 0 N–H and O–H groups in total. The van der Waals surface area contributed by atoms with Crippen LogP contribution in [0.4, 0.5) is 13.2 Å². The Balaban J connectivity index is 0.000000134. The highest BCUT2D eigenvalue weighted by atomic mass is 19.4. The van der Waals surface area contributed by atoms with E-state index in [-0.39, 0.29) is 17.0 Å². The average Bonchev–Trinajstić information content (AvgIpc) is 1.75. The third-order valence-electron chi connectivity index (χ3n) is 23.7. The van der Waals surface area contributed by atoms with Gasteiger partial charge in [0.1, 0.15) is 11.5 Å². The standard InChI is InChI=1S/C26H22F3N3O.C23H27N3O3.C22H25N3O2.C21H25N3O3.C20H23N3O2/c27-26(28,29)23-16-21(12-13-22(23)19-6-2-1-3-7-19)25-30-24(31-33-25)20-10-8-18(9-11-20)17-32-14-4-5-15-32;1-3-27-20-11-10-19(15-21(20)28-4-2)23-24-22(25-29-23)18-9-7-8-17(14-18)16-26-12-5-6-13-26;1-3-26-20-14-19(9-6-16(20)2)22-23-21(24-27-22)18-10-7-17(8-11-18)15-25-12-4-5-13-25;1-5-25-18-11-10-17(13-19(18)26-6-2)21-22-20(23-27-21)16-9-7-8-15(12-16)14-24(3)4;1-5-24-18-12-17(9-6-14(18)2)20-21-19(22-25-20)16-10-7-15(8-11-16)13-23(3)4/h1-3,6-13,16H,4-5,14-15,17H2;7-11,14-15H,3-6,12-13,16H2,1-2H3;6-11,14H,3-5,12-13,15H2,1-2H3;7-13H,5-6,14H2,1-4H3;6-12H,5,13H2,1-4H3. The average molecular weight is 1910 g/mol. The second kappa shape index (κ2) is 49.4. The number of nitrogens with zero attached hydrogens (tertiary/aromatic N) is 15. The zero-order valence-electron chi connectivity index (χ0n) is 82.2. The molecule has 3 saturated heterocycles. The van der Waals surface area contributed by atoms with Crippen LogP contribution < -0.4 is 28.4 Å². The number of hydrogen-bond acceptors (Lipinski definition) is 26. The van der Waals surface area contributed by atoms with Crippen LogP contribution in [0, 0.1) is 13.8 Å². The van der Waals surface area contributed by atoms with Gasteiger partial charge in [-0.05, 0) is 296 Å². The van der Waals surface area contributed by atoms with E-state index in [0.717, 1.165) is 125 Å². The van der Waals surface area contributed by atoms with Crippen molar-refractivity contribution in [2.24, 2.45) is 0 Å². The molecule has 16 aromatic rings. The molecule has 732 valence electrons. The zero-order chi connectivity index (χ0) is 98.6. The van der Waals surface area contributed by atoms with Crippen molar-refractivity contribution in [1.29, 1.82) is 0 Å². The summed E-state index contributed by atoms with van der Waals surface area (Å²) in [5.41, 5.74) is 16.4. The fourth-order valence-corrected chi connectivity index (χ4v) is 16.8. The second-order valence-corrected chi connectivity index (χ2v) is 35.0. The number of rotatable bonds is 33. The van der Waals surface area contributed by atoms with Crippen LogP contribution in [0.15, 0.2) is 265 Å². The SMILES string of the molecule is CCOc1cc(-c2nc(-c3ccc(CN(C)C)cc3)no2)ccc1C.CCOc1cc(-c2nc(-c3ccc(CN4CCCC4)cc3)no2)ccc1C.CCOc1ccc(-c2nc(-c3cccc(CN(C)C)c3)no2)cc1OCC.CCOc1ccc(-c2nc(-c3cccc(CN4CCCC4)c3)no2)cc1OCC.FC(F)(F)c1cc(-c2nc(-c3ccc(CN4CCCC4)cc3)no2)ccc1-c1ccccc1. The largest absolute Gasteiger partial charge is 0.494 e. The molecule has 29 heteroatoms. The molecule has 3 aliphatic heterocycles. The summed E-state index contributed by atoms with van der Waals surface area (Å²) in [6.45, 7) is 30.9. The third-order valence-corrected chi connectivity index (χ3v) is 23.7. The lowest BCUT2D eigenvalue weighted by Crippen LogP contribution is -2.18. The smallest absolute Gasteiger partial charge is 0.417 e. The molecule has 0 spiro atoms. The second-order valence-electron chi connectivity index (χ2n) is 35.0. The molecule has 0 aliphatic carbocycles. The zero-order valence-corrected chi connectivity index (χ0v) is 82.2. The minimum atomic E-state index is -4.52. The Bertz CT molecular complexity index is 6640. The minimum absolute atomic E-state index is 0.0521. The van der Waals surface area contributed by atoms with Crippen LogP contribution in [0.25, 0.3) is 125 Å². The van der Waals surface area contributed by atoms with Gasteiger partial charge < -0.3 is 60.8 Å². The first-order chi connectivity index (χ1) is 68.6.